The third-order valence-electron chi connectivity index (χ3n) is 4.06. The Kier molecular flexibility index (Phi) is 8.60. The second-order valence-corrected chi connectivity index (χ2v) is 7.74. The number of halogens is 3. The standard InChI is InChI=1S/C20H21BrCl2N2O3/c1-3-24-20(27)13(2)25(11-14-6-4-5-7-17(14)23)19(26)12-28-18-9-8-15(22)10-16(18)21/h4-10,13H,3,11-12H2,1-2H3,(H,24,27)/t13-/m1/s1. The minimum Gasteiger partial charge on any atom is -0.483 e. The van der Waals surface area contributed by atoms with Crippen LogP contribution in [0, 0.1) is 0 Å². The maximum Gasteiger partial charge on any atom is 0.261 e. The second kappa shape index (κ2) is 10.7. The van der Waals surface area contributed by atoms with E-state index in [0.29, 0.717) is 26.8 Å². The van der Waals surface area contributed by atoms with Gasteiger partial charge in [0, 0.05) is 23.1 Å². The summed E-state index contributed by atoms with van der Waals surface area (Å²) in [7, 11) is 0. The Morgan fingerprint density at radius 1 is 1.21 bits per heavy atom. The molecule has 0 saturated heterocycles. The molecule has 2 aromatic carbocycles. The minimum atomic E-state index is -0.680. The lowest BCUT2D eigenvalue weighted by molar-refractivity contribution is -0.142. The molecule has 0 spiro atoms. The van der Waals surface area contributed by atoms with Crippen molar-refractivity contribution in [2.75, 3.05) is 13.2 Å². The molecule has 0 aliphatic heterocycles. The van der Waals surface area contributed by atoms with E-state index in [2.05, 4.69) is 21.2 Å². The predicted octanol–water partition coefficient (Wildman–Crippen LogP) is 4.69. The summed E-state index contributed by atoms with van der Waals surface area (Å²) in [5.74, 6) is -0.0859. The van der Waals surface area contributed by atoms with Crippen LogP contribution < -0.4 is 10.1 Å². The van der Waals surface area contributed by atoms with Crippen molar-refractivity contribution in [3.05, 3.63) is 62.5 Å². The zero-order chi connectivity index (χ0) is 20.7. The van der Waals surface area contributed by atoms with Crippen LogP contribution >= 0.6 is 39.1 Å². The molecule has 0 fully saturated rings. The zero-order valence-electron chi connectivity index (χ0n) is 15.5. The van der Waals surface area contributed by atoms with Gasteiger partial charge in [-0.3, -0.25) is 9.59 Å². The molecule has 1 atom stereocenters. The highest BCUT2D eigenvalue weighted by atomic mass is 79.9. The third-order valence-corrected chi connectivity index (χ3v) is 5.29. The molecule has 5 nitrogen and oxygen atoms in total. The molecule has 0 radical (unpaired) electrons. The van der Waals surface area contributed by atoms with Crippen molar-refractivity contribution in [1.82, 2.24) is 10.2 Å². The van der Waals surface area contributed by atoms with Gasteiger partial charge in [0.05, 0.1) is 4.47 Å². The number of carbonyl (C=O) groups excluding carboxylic acids is 2. The van der Waals surface area contributed by atoms with Crippen molar-refractivity contribution in [3.8, 4) is 5.75 Å². The molecule has 150 valence electrons. The fraction of sp³-hybridized carbons (Fsp3) is 0.300. The Labute approximate surface area is 183 Å². The molecule has 0 saturated carbocycles. The van der Waals surface area contributed by atoms with Crippen molar-refractivity contribution in [2.24, 2.45) is 0 Å². The summed E-state index contributed by atoms with van der Waals surface area (Å²) in [6.45, 7) is 3.95. The van der Waals surface area contributed by atoms with E-state index in [-0.39, 0.29) is 25.0 Å². The summed E-state index contributed by atoms with van der Waals surface area (Å²) in [6.07, 6.45) is 0. The van der Waals surface area contributed by atoms with Crippen LogP contribution in [0.4, 0.5) is 0 Å². The topological polar surface area (TPSA) is 58.6 Å². The zero-order valence-corrected chi connectivity index (χ0v) is 18.6. The first-order valence-electron chi connectivity index (χ1n) is 8.72. The summed E-state index contributed by atoms with van der Waals surface area (Å²) in [4.78, 5) is 26.7. The van der Waals surface area contributed by atoms with Gasteiger partial charge in [-0.2, -0.15) is 0 Å². The molecule has 0 aromatic heterocycles. The van der Waals surface area contributed by atoms with E-state index in [1.807, 2.05) is 25.1 Å². The maximum atomic E-state index is 12.9. The van der Waals surface area contributed by atoms with E-state index in [1.54, 1.807) is 31.2 Å². The lowest BCUT2D eigenvalue weighted by Crippen LogP contribution is -2.49. The van der Waals surface area contributed by atoms with Crippen LogP contribution in [0.3, 0.4) is 0 Å². The van der Waals surface area contributed by atoms with Crippen LogP contribution in [0.15, 0.2) is 46.9 Å². The van der Waals surface area contributed by atoms with Gasteiger partial charge in [-0.15, -0.1) is 0 Å². The smallest absolute Gasteiger partial charge is 0.261 e. The largest absolute Gasteiger partial charge is 0.483 e. The number of ether oxygens (including phenoxy) is 1. The van der Waals surface area contributed by atoms with Crippen LogP contribution in [0.25, 0.3) is 0 Å². The van der Waals surface area contributed by atoms with Crippen molar-refractivity contribution >= 4 is 50.9 Å². The van der Waals surface area contributed by atoms with Crippen LogP contribution in [0.2, 0.25) is 10.0 Å². The summed E-state index contributed by atoms with van der Waals surface area (Å²) < 4.78 is 6.27. The molecule has 8 heteroatoms. The fourth-order valence-corrected chi connectivity index (χ4v) is 3.52. The number of nitrogens with zero attached hydrogens (tertiary/aromatic N) is 1. The highest BCUT2D eigenvalue weighted by molar-refractivity contribution is 9.10. The summed E-state index contributed by atoms with van der Waals surface area (Å²) in [6, 6.07) is 11.6. The highest BCUT2D eigenvalue weighted by Crippen LogP contribution is 2.28. The Hall–Kier alpha value is -1.76. The Morgan fingerprint density at radius 2 is 1.93 bits per heavy atom. The van der Waals surface area contributed by atoms with E-state index in [0.717, 1.165) is 5.56 Å². The van der Waals surface area contributed by atoms with Crippen molar-refractivity contribution < 1.29 is 14.3 Å². The first kappa shape index (κ1) is 22.5. The molecule has 2 amide bonds. The monoisotopic (exact) mass is 486 g/mol. The number of nitrogens with one attached hydrogen (secondary N) is 1. The normalized spacial score (nSPS) is 11.6. The molecule has 0 unspecified atom stereocenters. The molecule has 2 aromatic rings. The number of amides is 2. The van der Waals surface area contributed by atoms with E-state index in [9.17, 15) is 9.59 Å². The summed E-state index contributed by atoms with van der Waals surface area (Å²) in [5, 5.41) is 3.83. The number of benzene rings is 2. The van der Waals surface area contributed by atoms with E-state index in [1.165, 1.54) is 4.90 Å². The lowest BCUT2D eigenvalue weighted by Gasteiger charge is -2.29. The molecule has 28 heavy (non-hydrogen) atoms. The SMILES string of the molecule is CCNC(=O)[C@@H](C)N(Cc1ccccc1Cl)C(=O)COc1ccc(Cl)cc1Br. The molecule has 0 bridgehead atoms. The van der Waals surface area contributed by atoms with Gasteiger partial charge < -0.3 is 15.0 Å². The number of rotatable bonds is 8. The van der Waals surface area contributed by atoms with Crippen molar-refractivity contribution in [3.63, 3.8) is 0 Å². The average molecular weight is 488 g/mol. The van der Waals surface area contributed by atoms with Crippen LogP contribution in [-0.2, 0) is 16.1 Å². The molecule has 2 rings (SSSR count). The maximum absolute atomic E-state index is 12.9. The van der Waals surface area contributed by atoms with Gasteiger partial charge in [0.25, 0.3) is 5.91 Å². The number of likely N-dealkylation sites (N-methyl/N-ethyl adjacent to an activating group) is 1. The van der Waals surface area contributed by atoms with Crippen molar-refractivity contribution in [2.45, 2.75) is 26.4 Å². The summed E-state index contributed by atoms with van der Waals surface area (Å²) >= 11 is 15.5. The van der Waals surface area contributed by atoms with E-state index in [4.69, 9.17) is 27.9 Å². The lowest BCUT2D eigenvalue weighted by atomic mass is 10.1. The molecular formula is C20H21BrCl2N2O3. The quantitative estimate of drug-likeness (QED) is 0.587. The highest BCUT2D eigenvalue weighted by Gasteiger charge is 2.26. The number of carbonyl (C=O) groups is 2. The van der Waals surface area contributed by atoms with Gasteiger partial charge in [-0.1, -0.05) is 41.4 Å². The Bertz CT molecular complexity index is 848. The molecular weight excluding hydrogens is 467 g/mol. The first-order chi connectivity index (χ1) is 13.3. The minimum absolute atomic E-state index is 0.196. The van der Waals surface area contributed by atoms with E-state index < -0.39 is 6.04 Å². The molecule has 0 heterocycles. The Morgan fingerprint density at radius 3 is 2.57 bits per heavy atom. The molecule has 0 aliphatic rings. The third kappa shape index (κ3) is 6.12. The molecule has 0 aliphatic carbocycles. The first-order valence-corrected chi connectivity index (χ1v) is 10.3. The van der Waals surface area contributed by atoms with Gasteiger partial charge in [0.1, 0.15) is 11.8 Å². The van der Waals surface area contributed by atoms with Gasteiger partial charge in [-0.25, -0.2) is 0 Å². The van der Waals surface area contributed by atoms with Gasteiger partial charge >= 0.3 is 0 Å². The predicted molar refractivity (Wildman–Crippen MR) is 115 cm³/mol. The fourth-order valence-electron chi connectivity index (χ4n) is 2.53. The average Bonchev–Trinajstić information content (AvgIpc) is 2.66. The van der Waals surface area contributed by atoms with Crippen LogP contribution in [-0.4, -0.2) is 35.9 Å². The second-order valence-electron chi connectivity index (χ2n) is 6.05. The van der Waals surface area contributed by atoms with Crippen LogP contribution in [0.5, 0.6) is 5.75 Å². The van der Waals surface area contributed by atoms with E-state index >= 15 is 0 Å². The van der Waals surface area contributed by atoms with Crippen molar-refractivity contribution in [1.29, 1.82) is 0 Å². The van der Waals surface area contributed by atoms with Gasteiger partial charge in [0.15, 0.2) is 6.61 Å². The Balaban J connectivity index is 2.18. The van der Waals surface area contributed by atoms with Crippen LogP contribution in [0.1, 0.15) is 19.4 Å². The summed E-state index contributed by atoms with van der Waals surface area (Å²) in [5.41, 5.74) is 0.751. The number of hydrogen-bond donors (Lipinski definition) is 1. The van der Waals surface area contributed by atoms with Gasteiger partial charge in [0.2, 0.25) is 5.91 Å². The number of hydrogen-bond acceptors (Lipinski definition) is 3. The molecule has 1 N–H and O–H groups in total. The van der Waals surface area contributed by atoms with Gasteiger partial charge in [-0.05, 0) is 59.6 Å².